The third kappa shape index (κ3) is 4.68. The molecular weight excluding hydrogens is 645 g/mol. The molecule has 8 nitrogen and oxygen atoms in total. The number of fused-ring (bicyclic) bond motifs is 4. The van der Waals surface area contributed by atoms with E-state index < -0.39 is 5.91 Å². The van der Waals surface area contributed by atoms with Gasteiger partial charge in [-0.2, -0.15) is 5.26 Å². The molecule has 0 atom stereocenters. The standard InChI is InChI=1S/C44H24N6O2/c1-46-38-19-21-48-26-37(38)30-13-17-40-35(23-30)34-22-29(36-25-47-20-18-31(36)24-45)12-16-39(34)50(40)41-9-5-8-33-42(41)44(52)49(43(33)51)32-14-10-28(11-15-32)27-6-3-2-4-7-27/h2-23,25-26H. The van der Waals surface area contributed by atoms with Gasteiger partial charge in [0.15, 0.2) is 5.69 Å². The van der Waals surface area contributed by atoms with E-state index in [-0.39, 0.29) is 5.91 Å². The molecule has 9 rings (SSSR count). The van der Waals surface area contributed by atoms with Gasteiger partial charge in [-0.15, -0.1) is 0 Å². The van der Waals surface area contributed by atoms with Crippen LogP contribution in [-0.4, -0.2) is 26.3 Å². The van der Waals surface area contributed by atoms with Crippen LogP contribution in [0.15, 0.2) is 146 Å². The first-order valence-corrected chi connectivity index (χ1v) is 16.5. The summed E-state index contributed by atoms with van der Waals surface area (Å²) in [5, 5.41) is 11.6. The Labute approximate surface area is 297 Å². The van der Waals surface area contributed by atoms with Gasteiger partial charge in [-0.05, 0) is 82.9 Å². The Balaban J connectivity index is 1.24. The van der Waals surface area contributed by atoms with Gasteiger partial charge in [0.05, 0.1) is 51.7 Å². The molecule has 0 unspecified atom stereocenters. The fraction of sp³-hybridized carbons (Fsp3) is 0. The Morgan fingerprint density at radius 3 is 1.94 bits per heavy atom. The summed E-state index contributed by atoms with van der Waals surface area (Å²) in [4.78, 5) is 41.9. The highest BCUT2D eigenvalue weighted by Gasteiger charge is 2.39. The molecule has 52 heavy (non-hydrogen) atoms. The average Bonchev–Trinajstić information content (AvgIpc) is 3.67. The van der Waals surface area contributed by atoms with Gasteiger partial charge in [0.1, 0.15) is 0 Å². The highest BCUT2D eigenvalue weighted by Crippen LogP contribution is 2.41. The predicted molar refractivity (Wildman–Crippen MR) is 201 cm³/mol. The Hall–Kier alpha value is -7.68. The molecule has 2 amide bonds. The van der Waals surface area contributed by atoms with Gasteiger partial charge >= 0.3 is 0 Å². The molecule has 4 heterocycles. The molecule has 0 spiro atoms. The third-order valence-electron chi connectivity index (χ3n) is 9.61. The van der Waals surface area contributed by atoms with Crippen molar-refractivity contribution in [3.8, 4) is 45.1 Å². The lowest BCUT2D eigenvalue weighted by atomic mass is 9.99. The van der Waals surface area contributed by atoms with Crippen molar-refractivity contribution in [1.82, 2.24) is 14.5 Å². The van der Waals surface area contributed by atoms with Crippen molar-refractivity contribution in [2.24, 2.45) is 0 Å². The minimum Gasteiger partial charge on any atom is -0.308 e. The fourth-order valence-corrected chi connectivity index (χ4v) is 7.17. The molecule has 0 fully saturated rings. The van der Waals surface area contributed by atoms with Crippen LogP contribution in [0.5, 0.6) is 0 Å². The number of hydrogen-bond donors (Lipinski definition) is 0. The first-order valence-electron chi connectivity index (χ1n) is 16.5. The number of hydrogen-bond acceptors (Lipinski definition) is 5. The highest BCUT2D eigenvalue weighted by atomic mass is 16.2. The summed E-state index contributed by atoms with van der Waals surface area (Å²) >= 11 is 0. The van der Waals surface area contributed by atoms with Crippen LogP contribution < -0.4 is 4.90 Å². The number of benzene rings is 5. The van der Waals surface area contributed by atoms with Gasteiger partial charge in [-0.1, -0.05) is 60.7 Å². The van der Waals surface area contributed by atoms with Crippen molar-refractivity contribution in [3.05, 3.63) is 174 Å². The summed E-state index contributed by atoms with van der Waals surface area (Å²) in [5.74, 6) is -0.791. The Morgan fingerprint density at radius 1 is 0.615 bits per heavy atom. The molecule has 0 saturated carbocycles. The van der Waals surface area contributed by atoms with Crippen LogP contribution in [0, 0.1) is 17.9 Å². The Bertz CT molecular complexity index is 2750. The number of carbonyl (C=O) groups is 2. The second-order valence-electron chi connectivity index (χ2n) is 12.4. The van der Waals surface area contributed by atoms with Crippen molar-refractivity contribution in [2.75, 3.05) is 4.90 Å². The number of amides is 2. The summed E-state index contributed by atoms with van der Waals surface area (Å²) in [6.07, 6.45) is 6.56. The van der Waals surface area contributed by atoms with Crippen LogP contribution in [0.4, 0.5) is 11.4 Å². The maximum Gasteiger partial charge on any atom is 0.268 e. The molecule has 1 aliphatic rings. The molecule has 3 aromatic heterocycles. The zero-order valence-corrected chi connectivity index (χ0v) is 27.4. The quantitative estimate of drug-likeness (QED) is 0.134. The van der Waals surface area contributed by atoms with Crippen LogP contribution in [0.3, 0.4) is 0 Å². The Morgan fingerprint density at radius 2 is 1.25 bits per heavy atom. The summed E-state index contributed by atoms with van der Waals surface area (Å²) in [6, 6.07) is 40.2. The van der Waals surface area contributed by atoms with Gasteiger partial charge in [-0.3, -0.25) is 19.6 Å². The number of nitriles is 1. The number of pyridine rings is 2. The summed E-state index contributed by atoms with van der Waals surface area (Å²) in [7, 11) is 0. The number of carbonyl (C=O) groups excluding carboxylic acids is 2. The van der Waals surface area contributed by atoms with E-state index in [2.05, 4.69) is 20.9 Å². The van der Waals surface area contributed by atoms with E-state index in [0.29, 0.717) is 44.9 Å². The predicted octanol–water partition coefficient (Wildman–Crippen LogP) is 9.80. The summed E-state index contributed by atoms with van der Waals surface area (Å²) in [5.41, 5.74) is 9.31. The van der Waals surface area contributed by atoms with Crippen LogP contribution in [0.1, 0.15) is 26.3 Å². The van der Waals surface area contributed by atoms with E-state index in [9.17, 15) is 14.9 Å². The van der Waals surface area contributed by atoms with E-state index >= 15 is 0 Å². The van der Waals surface area contributed by atoms with Crippen LogP contribution in [-0.2, 0) is 0 Å². The molecule has 242 valence electrons. The third-order valence-corrected chi connectivity index (χ3v) is 9.61. The second-order valence-corrected chi connectivity index (χ2v) is 12.4. The normalized spacial score (nSPS) is 12.2. The largest absolute Gasteiger partial charge is 0.308 e. The molecule has 1 aliphatic heterocycles. The molecule has 0 saturated heterocycles. The molecule has 0 N–H and O–H groups in total. The molecule has 8 heteroatoms. The van der Waals surface area contributed by atoms with E-state index in [4.69, 9.17) is 6.57 Å². The average molecular weight is 669 g/mol. The fourth-order valence-electron chi connectivity index (χ4n) is 7.17. The lowest BCUT2D eigenvalue weighted by Crippen LogP contribution is -2.29. The molecule has 0 aliphatic carbocycles. The van der Waals surface area contributed by atoms with Gasteiger partial charge in [0, 0.05) is 46.7 Å². The van der Waals surface area contributed by atoms with Gasteiger partial charge in [-0.25, -0.2) is 9.74 Å². The van der Waals surface area contributed by atoms with Gasteiger partial charge in [0.25, 0.3) is 11.8 Å². The van der Waals surface area contributed by atoms with Crippen LogP contribution in [0.2, 0.25) is 0 Å². The SMILES string of the molecule is [C-]#[N+]c1ccncc1-c1ccc2c(c1)c1cc(-c3cnccc3C#N)ccc1n2-c1cccc2c1C(=O)N(c1ccc(-c3ccccc3)cc1)C2=O. The number of aromatic nitrogens is 3. The first kappa shape index (κ1) is 30.4. The van der Waals surface area contributed by atoms with Crippen molar-refractivity contribution in [3.63, 3.8) is 0 Å². The van der Waals surface area contributed by atoms with E-state index in [1.165, 1.54) is 4.90 Å². The minimum absolute atomic E-state index is 0.313. The zero-order valence-electron chi connectivity index (χ0n) is 27.4. The first-order chi connectivity index (χ1) is 25.6. The number of rotatable bonds is 5. The molecular formula is C44H24N6O2. The van der Waals surface area contributed by atoms with Crippen molar-refractivity contribution >= 4 is 45.0 Å². The van der Waals surface area contributed by atoms with E-state index in [1.54, 1.807) is 61.2 Å². The number of imide groups is 1. The monoisotopic (exact) mass is 668 g/mol. The lowest BCUT2D eigenvalue weighted by Gasteiger charge is -2.15. The maximum absolute atomic E-state index is 14.4. The Kier molecular flexibility index (Phi) is 7.03. The van der Waals surface area contributed by atoms with Crippen LogP contribution >= 0.6 is 0 Å². The van der Waals surface area contributed by atoms with Crippen molar-refractivity contribution in [1.29, 1.82) is 5.26 Å². The summed E-state index contributed by atoms with van der Waals surface area (Å²) in [6.45, 7) is 7.74. The molecule has 0 bridgehead atoms. The number of anilines is 1. The van der Waals surface area contributed by atoms with Crippen LogP contribution in [0.25, 0.3) is 65.7 Å². The molecule has 5 aromatic carbocycles. The van der Waals surface area contributed by atoms with Gasteiger partial charge < -0.3 is 4.57 Å². The minimum atomic E-state index is -0.405. The number of nitrogens with zero attached hydrogens (tertiary/aromatic N) is 6. The van der Waals surface area contributed by atoms with Crippen molar-refractivity contribution in [2.45, 2.75) is 0 Å². The highest BCUT2D eigenvalue weighted by molar-refractivity contribution is 6.35. The lowest BCUT2D eigenvalue weighted by molar-refractivity contribution is 0.0926. The topological polar surface area (TPSA) is 96.2 Å². The zero-order chi connectivity index (χ0) is 35.3. The maximum atomic E-state index is 14.4. The second kappa shape index (κ2) is 12.0. The van der Waals surface area contributed by atoms with Gasteiger partial charge in [0.2, 0.25) is 0 Å². The molecule has 0 radical (unpaired) electrons. The van der Waals surface area contributed by atoms with Crippen molar-refractivity contribution < 1.29 is 9.59 Å². The summed E-state index contributed by atoms with van der Waals surface area (Å²) < 4.78 is 2.01. The molecule has 8 aromatic rings. The van der Waals surface area contributed by atoms with E-state index in [0.717, 1.165) is 44.1 Å². The van der Waals surface area contributed by atoms with E-state index in [1.807, 2.05) is 89.5 Å². The smallest absolute Gasteiger partial charge is 0.268 e.